The lowest BCUT2D eigenvalue weighted by Crippen LogP contribution is -2.26. The summed E-state index contributed by atoms with van der Waals surface area (Å²) in [6.07, 6.45) is 3.08. The van der Waals surface area contributed by atoms with Gasteiger partial charge in [0, 0.05) is 6.04 Å². The number of thioether (sulfide) groups is 1. The highest BCUT2D eigenvalue weighted by molar-refractivity contribution is 7.98. The Bertz CT molecular complexity index is 571. The van der Waals surface area contributed by atoms with Crippen LogP contribution < -0.4 is 5.32 Å². The van der Waals surface area contributed by atoms with E-state index >= 15 is 0 Å². The van der Waals surface area contributed by atoms with Gasteiger partial charge in [-0.1, -0.05) is 11.2 Å². The van der Waals surface area contributed by atoms with Crippen LogP contribution in [-0.4, -0.2) is 28.2 Å². The third kappa shape index (κ3) is 4.25. The second kappa shape index (κ2) is 7.51. The zero-order chi connectivity index (χ0) is 15.2. The lowest BCUT2D eigenvalue weighted by molar-refractivity contribution is 0.411. The minimum absolute atomic E-state index is 0.140. The molecular weight excluding hydrogens is 296 g/mol. The first-order valence-electron chi connectivity index (χ1n) is 6.61. The van der Waals surface area contributed by atoms with Crippen LogP contribution in [-0.2, 0) is 6.54 Å². The second-order valence-electron chi connectivity index (χ2n) is 4.68. The number of hydrogen-bond donors (Lipinski definition) is 1. The highest BCUT2D eigenvalue weighted by Crippen LogP contribution is 2.24. The molecule has 0 bridgehead atoms. The number of nitrogens with zero attached hydrogens (tertiary/aromatic N) is 2. The monoisotopic (exact) mass is 313 g/mol. The molecule has 7 heteroatoms. The van der Waals surface area contributed by atoms with E-state index in [9.17, 15) is 8.78 Å². The molecule has 0 amide bonds. The number of benzene rings is 1. The summed E-state index contributed by atoms with van der Waals surface area (Å²) in [4.78, 5) is 4.03. The Morgan fingerprint density at radius 3 is 2.71 bits per heavy atom. The summed E-state index contributed by atoms with van der Waals surface area (Å²) < 4.78 is 32.2. The molecule has 0 aliphatic rings. The van der Waals surface area contributed by atoms with Crippen LogP contribution in [0.15, 0.2) is 22.7 Å². The number of aromatic nitrogens is 2. The Balaban J connectivity index is 2.02. The number of hydrogen-bond acceptors (Lipinski definition) is 5. The first-order chi connectivity index (χ1) is 10.1. The third-order valence-corrected chi connectivity index (χ3v) is 3.65. The molecule has 0 saturated heterocycles. The molecule has 2 rings (SSSR count). The van der Waals surface area contributed by atoms with Gasteiger partial charge in [-0.05, 0) is 37.5 Å². The van der Waals surface area contributed by atoms with E-state index in [0.717, 1.165) is 24.3 Å². The van der Waals surface area contributed by atoms with Gasteiger partial charge in [0.1, 0.15) is 17.2 Å². The number of rotatable bonds is 7. The predicted octanol–water partition coefficient (Wildman–Crippen LogP) is 3.25. The van der Waals surface area contributed by atoms with Crippen molar-refractivity contribution in [1.29, 1.82) is 0 Å². The van der Waals surface area contributed by atoms with Crippen molar-refractivity contribution in [2.24, 2.45) is 0 Å². The SMILES string of the molecule is CSCC[C@@H](C)NCc1noc(-c2c(F)cccc2F)n1. The van der Waals surface area contributed by atoms with Gasteiger partial charge >= 0.3 is 0 Å². The summed E-state index contributed by atoms with van der Waals surface area (Å²) in [5.74, 6) is -0.132. The first-order valence-corrected chi connectivity index (χ1v) is 8.00. The van der Waals surface area contributed by atoms with E-state index < -0.39 is 11.6 Å². The van der Waals surface area contributed by atoms with E-state index in [1.807, 2.05) is 0 Å². The van der Waals surface area contributed by atoms with Crippen LogP contribution >= 0.6 is 11.8 Å². The molecule has 0 unspecified atom stereocenters. The quantitative estimate of drug-likeness (QED) is 0.850. The van der Waals surface area contributed by atoms with E-state index in [4.69, 9.17) is 4.52 Å². The fourth-order valence-electron chi connectivity index (χ4n) is 1.79. The molecule has 1 N–H and O–H groups in total. The molecule has 114 valence electrons. The summed E-state index contributed by atoms with van der Waals surface area (Å²) in [6, 6.07) is 3.92. The molecule has 2 aromatic rings. The Morgan fingerprint density at radius 1 is 1.33 bits per heavy atom. The van der Waals surface area contributed by atoms with Gasteiger partial charge in [0.25, 0.3) is 5.89 Å². The van der Waals surface area contributed by atoms with Gasteiger partial charge in [-0.15, -0.1) is 0 Å². The van der Waals surface area contributed by atoms with Crippen molar-refractivity contribution in [1.82, 2.24) is 15.5 Å². The normalized spacial score (nSPS) is 12.6. The lowest BCUT2D eigenvalue weighted by Gasteiger charge is -2.10. The van der Waals surface area contributed by atoms with E-state index in [0.29, 0.717) is 18.4 Å². The van der Waals surface area contributed by atoms with Gasteiger partial charge in [0.2, 0.25) is 0 Å². The maximum Gasteiger partial charge on any atom is 0.263 e. The maximum atomic E-state index is 13.6. The Labute approximate surface area is 126 Å². The topological polar surface area (TPSA) is 51.0 Å². The lowest BCUT2D eigenvalue weighted by atomic mass is 10.2. The molecular formula is C14H17F2N3OS. The van der Waals surface area contributed by atoms with Crippen molar-refractivity contribution in [3.05, 3.63) is 35.7 Å². The molecule has 0 saturated carbocycles. The fraction of sp³-hybridized carbons (Fsp3) is 0.429. The average molecular weight is 313 g/mol. The molecule has 1 atom stereocenters. The van der Waals surface area contributed by atoms with Crippen LogP contribution in [0.2, 0.25) is 0 Å². The highest BCUT2D eigenvalue weighted by Gasteiger charge is 2.17. The molecule has 0 aliphatic heterocycles. The van der Waals surface area contributed by atoms with Crippen LogP contribution in [0.25, 0.3) is 11.5 Å². The Morgan fingerprint density at radius 2 is 2.05 bits per heavy atom. The molecule has 0 radical (unpaired) electrons. The smallest absolute Gasteiger partial charge is 0.263 e. The second-order valence-corrected chi connectivity index (χ2v) is 5.66. The van der Waals surface area contributed by atoms with Crippen molar-refractivity contribution in [3.8, 4) is 11.5 Å². The summed E-state index contributed by atoms with van der Waals surface area (Å²) >= 11 is 1.78. The van der Waals surface area contributed by atoms with E-state index in [1.54, 1.807) is 11.8 Å². The molecule has 1 heterocycles. The molecule has 4 nitrogen and oxygen atoms in total. The largest absolute Gasteiger partial charge is 0.334 e. The summed E-state index contributed by atoms with van der Waals surface area (Å²) in [7, 11) is 0. The Kier molecular flexibility index (Phi) is 5.69. The minimum Gasteiger partial charge on any atom is -0.334 e. The average Bonchev–Trinajstić information content (AvgIpc) is 2.91. The van der Waals surface area contributed by atoms with Crippen molar-refractivity contribution in [2.45, 2.75) is 25.9 Å². The number of halogens is 2. The fourth-order valence-corrected chi connectivity index (χ4v) is 2.38. The van der Waals surface area contributed by atoms with E-state index in [2.05, 4.69) is 28.6 Å². The zero-order valence-corrected chi connectivity index (χ0v) is 12.7. The van der Waals surface area contributed by atoms with Crippen LogP contribution in [0.5, 0.6) is 0 Å². The van der Waals surface area contributed by atoms with Crippen LogP contribution in [0.3, 0.4) is 0 Å². The molecule has 1 aromatic carbocycles. The summed E-state index contributed by atoms with van der Waals surface area (Å²) in [6.45, 7) is 2.46. The molecule has 0 fully saturated rings. The predicted molar refractivity (Wildman–Crippen MR) is 79.0 cm³/mol. The van der Waals surface area contributed by atoms with Gasteiger partial charge < -0.3 is 9.84 Å². The third-order valence-electron chi connectivity index (χ3n) is 3.01. The van der Waals surface area contributed by atoms with Gasteiger partial charge in [-0.25, -0.2) is 8.78 Å². The van der Waals surface area contributed by atoms with Crippen LogP contribution in [0, 0.1) is 11.6 Å². The Hall–Kier alpha value is -1.47. The van der Waals surface area contributed by atoms with Crippen molar-refractivity contribution < 1.29 is 13.3 Å². The first kappa shape index (κ1) is 15.9. The van der Waals surface area contributed by atoms with Gasteiger partial charge in [-0.2, -0.15) is 16.7 Å². The van der Waals surface area contributed by atoms with Crippen molar-refractivity contribution in [3.63, 3.8) is 0 Å². The zero-order valence-electron chi connectivity index (χ0n) is 11.9. The number of nitrogens with one attached hydrogen (secondary N) is 1. The van der Waals surface area contributed by atoms with Gasteiger partial charge in [-0.3, -0.25) is 0 Å². The van der Waals surface area contributed by atoms with Crippen molar-refractivity contribution in [2.75, 3.05) is 12.0 Å². The highest BCUT2D eigenvalue weighted by atomic mass is 32.2. The van der Waals surface area contributed by atoms with Crippen LogP contribution in [0.1, 0.15) is 19.2 Å². The molecule has 1 aromatic heterocycles. The minimum atomic E-state index is -0.716. The standard InChI is InChI=1S/C14H17F2N3OS/c1-9(6-7-21-2)17-8-12-18-14(20-19-12)13-10(15)4-3-5-11(13)16/h3-5,9,17H,6-8H2,1-2H3/t9-/m1/s1. The molecule has 0 aliphatic carbocycles. The maximum absolute atomic E-state index is 13.6. The molecule has 0 spiro atoms. The van der Waals surface area contributed by atoms with Crippen LogP contribution in [0.4, 0.5) is 8.78 Å². The van der Waals surface area contributed by atoms with Gasteiger partial charge in [0.05, 0.1) is 6.54 Å². The van der Waals surface area contributed by atoms with Gasteiger partial charge in [0.15, 0.2) is 5.82 Å². The van der Waals surface area contributed by atoms with E-state index in [1.165, 1.54) is 6.07 Å². The van der Waals surface area contributed by atoms with Crippen molar-refractivity contribution >= 4 is 11.8 Å². The molecule has 21 heavy (non-hydrogen) atoms. The van der Waals surface area contributed by atoms with E-state index in [-0.39, 0.29) is 11.5 Å². The summed E-state index contributed by atoms with van der Waals surface area (Å²) in [5.41, 5.74) is -0.285. The summed E-state index contributed by atoms with van der Waals surface area (Å²) in [5, 5.41) is 6.98.